The molecule has 0 saturated heterocycles. The topological polar surface area (TPSA) is 40.5 Å². The third-order valence-electron chi connectivity index (χ3n) is 12.1. The number of phenolic OH excluding ortho intramolecular Hbond substituents is 2. The molecule has 0 amide bonds. The van der Waals surface area contributed by atoms with E-state index in [-0.39, 0.29) is 37.1 Å². The summed E-state index contributed by atoms with van der Waals surface area (Å²) >= 11 is -0.272. The SMILES string of the molecule is CC(C)C(C)(C)c1cc(C(C)(C)C)cc(C[S]2=[Ti]=[S](Cc3cc(C(C)(C)C)cc(C(C)(C)C(C)C)c3O)C3CCCCCCC32)c1O. The van der Waals surface area contributed by atoms with Gasteiger partial charge in [0.15, 0.2) is 0 Å². The average Bonchev–Trinajstić information content (AvgIpc) is 3.22. The van der Waals surface area contributed by atoms with E-state index in [1.165, 1.54) is 60.8 Å². The first-order valence-corrected chi connectivity index (χ1v) is 25.2. The summed E-state index contributed by atoms with van der Waals surface area (Å²) in [5.74, 6) is 4.09. The van der Waals surface area contributed by atoms with Crippen molar-refractivity contribution in [1.29, 1.82) is 0 Å². The summed E-state index contributed by atoms with van der Waals surface area (Å²) < 4.78 is 0. The van der Waals surface area contributed by atoms with E-state index in [1.54, 1.807) is 0 Å². The van der Waals surface area contributed by atoms with Crippen LogP contribution in [0.4, 0.5) is 0 Å². The summed E-state index contributed by atoms with van der Waals surface area (Å²) in [5.41, 5.74) is 7.26. The van der Waals surface area contributed by atoms with Gasteiger partial charge in [-0.05, 0) is 0 Å². The molecule has 1 aliphatic heterocycles. The van der Waals surface area contributed by atoms with Crippen LogP contribution in [0.25, 0.3) is 0 Å². The van der Waals surface area contributed by atoms with Crippen LogP contribution in [0.5, 0.6) is 11.5 Å². The zero-order valence-corrected chi connectivity index (χ0v) is 35.7. The fraction of sp³-hybridized carbons (Fsp3) is 0.714. The van der Waals surface area contributed by atoms with Gasteiger partial charge in [-0.2, -0.15) is 0 Å². The molecule has 1 saturated carbocycles. The van der Waals surface area contributed by atoms with Crippen molar-refractivity contribution in [2.45, 2.75) is 179 Å². The number of fused-ring (bicyclic) bond motifs is 1. The molecule has 264 valence electrons. The van der Waals surface area contributed by atoms with Gasteiger partial charge in [0.1, 0.15) is 0 Å². The molecule has 2 aromatic rings. The monoisotopic (exact) mass is 716 g/mol. The molecule has 2 aromatic carbocycles. The molecular weight excluding hydrogens is 648 g/mol. The molecule has 4 rings (SSSR count). The van der Waals surface area contributed by atoms with Crippen LogP contribution in [0.15, 0.2) is 24.3 Å². The van der Waals surface area contributed by atoms with Crippen molar-refractivity contribution in [3.05, 3.63) is 57.6 Å². The third-order valence-corrected chi connectivity index (χ3v) is 28.0. The van der Waals surface area contributed by atoms with E-state index in [0.717, 1.165) is 33.1 Å². The van der Waals surface area contributed by atoms with Crippen LogP contribution >= 0.6 is 15.9 Å². The van der Waals surface area contributed by atoms with Crippen LogP contribution in [-0.2, 0) is 48.6 Å². The summed E-state index contributed by atoms with van der Waals surface area (Å²) in [5, 5.41) is 25.6. The van der Waals surface area contributed by atoms with E-state index >= 15 is 0 Å². The first-order valence-electron chi connectivity index (χ1n) is 18.5. The molecule has 4 atom stereocenters. The summed E-state index contributed by atoms with van der Waals surface area (Å²) in [6, 6.07) is 9.39. The average molecular weight is 717 g/mol. The standard InChI is InChI=1S/C42H68O2S2.Ti/c1-27(2)41(11,12)33-23-31(39(5,6)7)21-29(37(33)43)25-45-35-19-17-15-16-18-20-36(35)46-26-30-22-32(40(8,9)10)24-34(38(30)44)42(13,14)28(3)4;/h21-24,27-28,35-36,43-44H,15-20,25-26H2,1-14H3;. The summed E-state index contributed by atoms with van der Waals surface area (Å²) in [7, 11) is 0.657. The van der Waals surface area contributed by atoms with Crippen LogP contribution in [0.1, 0.15) is 169 Å². The first-order chi connectivity index (χ1) is 21.6. The molecule has 0 bridgehead atoms. The number of hydrogen-bond donors (Lipinski definition) is 2. The predicted octanol–water partition coefficient (Wildman–Crippen LogP) is 12.8. The zero-order valence-electron chi connectivity index (χ0n) is 32.5. The number of phenols is 2. The van der Waals surface area contributed by atoms with Gasteiger partial charge in [0.25, 0.3) is 0 Å². The first kappa shape index (κ1) is 39.2. The van der Waals surface area contributed by atoms with Gasteiger partial charge in [0.2, 0.25) is 0 Å². The molecule has 0 aromatic heterocycles. The molecular formula is C42H68O2S2Ti. The molecule has 5 heteroatoms. The zero-order chi connectivity index (χ0) is 35.3. The number of benzene rings is 2. The van der Waals surface area contributed by atoms with E-state index < -0.39 is 0 Å². The molecule has 1 heterocycles. The van der Waals surface area contributed by atoms with Crippen molar-refractivity contribution < 1.29 is 25.7 Å². The maximum atomic E-state index is 12.0. The molecule has 47 heavy (non-hydrogen) atoms. The van der Waals surface area contributed by atoms with Crippen molar-refractivity contribution >= 4 is 15.9 Å². The van der Waals surface area contributed by atoms with E-state index in [1.807, 2.05) is 0 Å². The number of rotatable bonds is 8. The van der Waals surface area contributed by atoms with Crippen molar-refractivity contribution in [2.75, 3.05) is 0 Å². The third kappa shape index (κ3) is 8.51. The van der Waals surface area contributed by atoms with Gasteiger partial charge in [0.05, 0.1) is 0 Å². The van der Waals surface area contributed by atoms with Crippen LogP contribution in [0.2, 0.25) is 0 Å². The second-order valence-corrected chi connectivity index (χ2v) is 30.0. The summed E-state index contributed by atoms with van der Waals surface area (Å²) in [6.07, 6.45) is 8.15. The molecule has 0 spiro atoms. The molecule has 0 radical (unpaired) electrons. The summed E-state index contributed by atoms with van der Waals surface area (Å²) in [4.78, 5) is 0. The second kappa shape index (κ2) is 14.6. The Morgan fingerprint density at radius 2 is 0.936 bits per heavy atom. The molecule has 1 fully saturated rings. The van der Waals surface area contributed by atoms with Crippen LogP contribution < -0.4 is 0 Å². The van der Waals surface area contributed by atoms with Crippen molar-refractivity contribution in [3.63, 3.8) is 0 Å². The van der Waals surface area contributed by atoms with E-state index in [9.17, 15) is 10.2 Å². The van der Waals surface area contributed by atoms with Crippen LogP contribution in [0, 0.1) is 11.8 Å². The predicted molar refractivity (Wildman–Crippen MR) is 207 cm³/mol. The van der Waals surface area contributed by atoms with E-state index in [4.69, 9.17) is 0 Å². The number of hydrogen-bond acceptors (Lipinski definition) is 2. The van der Waals surface area contributed by atoms with Crippen LogP contribution in [-0.4, -0.2) is 20.7 Å². The summed E-state index contributed by atoms with van der Waals surface area (Å²) in [6.45, 7) is 32.3. The van der Waals surface area contributed by atoms with Gasteiger partial charge in [-0.1, -0.05) is 0 Å². The quantitative estimate of drug-likeness (QED) is 0.267. The Morgan fingerprint density at radius 3 is 1.23 bits per heavy atom. The van der Waals surface area contributed by atoms with Crippen molar-refractivity contribution in [2.24, 2.45) is 11.8 Å². The minimum atomic E-state index is -0.272. The Hall–Kier alpha value is -0.546. The molecule has 4 unspecified atom stereocenters. The van der Waals surface area contributed by atoms with E-state index in [0.29, 0.717) is 39.3 Å². The molecule has 2 nitrogen and oxygen atoms in total. The Balaban J connectivity index is 1.89. The van der Waals surface area contributed by atoms with Gasteiger partial charge in [-0.3, -0.25) is 0 Å². The Bertz CT molecular complexity index is 1420. The van der Waals surface area contributed by atoms with Gasteiger partial charge >= 0.3 is 302 Å². The maximum absolute atomic E-state index is 12.0. The van der Waals surface area contributed by atoms with Gasteiger partial charge in [-0.15, -0.1) is 0 Å². The Morgan fingerprint density at radius 1 is 0.596 bits per heavy atom. The van der Waals surface area contributed by atoms with Gasteiger partial charge < -0.3 is 0 Å². The van der Waals surface area contributed by atoms with Crippen LogP contribution in [0.3, 0.4) is 0 Å². The molecule has 2 aliphatic rings. The fourth-order valence-corrected chi connectivity index (χ4v) is 27.8. The molecule has 2 N–H and O–H groups in total. The van der Waals surface area contributed by atoms with Gasteiger partial charge in [-0.25, -0.2) is 0 Å². The Labute approximate surface area is 299 Å². The second-order valence-electron chi connectivity index (χ2n) is 18.6. The number of aromatic hydroxyl groups is 2. The molecule has 1 aliphatic carbocycles. The van der Waals surface area contributed by atoms with E-state index in [2.05, 4.69) is 121 Å². The Kier molecular flexibility index (Phi) is 12.2. The van der Waals surface area contributed by atoms with Crippen molar-refractivity contribution in [1.82, 2.24) is 0 Å². The normalized spacial score (nSPS) is 22.9. The van der Waals surface area contributed by atoms with Crippen molar-refractivity contribution in [3.8, 4) is 11.5 Å². The minimum absolute atomic E-state index is 0.0312. The fourth-order valence-electron chi connectivity index (χ4n) is 7.02. The van der Waals surface area contributed by atoms with Gasteiger partial charge in [0, 0.05) is 0 Å².